The van der Waals surface area contributed by atoms with E-state index >= 15 is 0 Å². The molecule has 1 aromatic carbocycles. The Morgan fingerprint density at radius 1 is 1.29 bits per heavy atom. The summed E-state index contributed by atoms with van der Waals surface area (Å²) in [5, 5.41) is 0. The Morgan fingerprint density at radius 3 is 2.52 bits per heavy atom. The van der Waals surface area contributed by atoms with E-state index in [-0.39, 0.29) is 18.3 Å². The van der Waals surface area contributed by atoms with Crippen molar-refractivity contribution in [3.63, 3.8) is 0 Å². The van der Waals surface area contributed by atoms with Gasteiger partial charge in [0.15, 0.2) is 0 Å². The number of nitrogens with two attached hydrogens (primary N) is 1. The molecule has 0 bridgehead atoms. The zero-order valence-electron chi connectivity index (χ0n) is 13.3. The predicted molar refractivity (Wildman–Crippen MR) is 91.5 cm³/mol. The molecule has 0 aliphatic heterocycles. The summed E-state index contributed by atoms with van der Waals surface area (Å²) >= 11 is 0. The zero-order valence-corrected chi connectivity index (χ0v) is 14.1. The van der Waals surface area contributed by atoms with Crippen molar-refractivity contribution in [1.29, 1.82) is 0 Å². The Morgan fingerprint density at radius 2 is 1.95 bits per heavy atom. The van der Waals surface area contributed by atoms with Crippen molar-refractivity contribution in [2.45, 2.75) is 46.1 Å². The predicted octanol–water partition coefficient (Wildman–Crippen LogP) is 3.61. The number of carbonyl (C=O) groups is 1. The number of rotatable bonds is 9. The van der Waals surface area contributed by atoms with Gasteiger partial charge in [-0.1, -0.05) is 57.0 Å². The summed E-state index contributed by atoms with van der Waals surface area (Å²) in [6.45, 7) is 6.40. The van der Waals surface area contributed by atoms with Crippen molar-refractivity contribution < 1.29 is 4.79 Å². The summed E-state index contributed by atoms with van der Waals surface area (Å²) in [6.07, 6.45) is 3.75. The summed E-state index contributed by atoms with van der Waals surface area (Å²) in [4.78, 5) is 14.4. The molecule has 2 N–H and O–H groups in total. The maximum absolute atomic E-state index is 12.4. The topological polar surface area (TPSA) is 46.3 Å². The van der Waals surface area contributed by atoms with Gasteiger partial charge in [0.05, 0.1) is 0 Å². The minimum Gasteiger partial charge on any atom is -0.338 e. The molecule has 0 saturated carbocycles. The van der Waals surface area contributed by atoms with Gasteiger partial charge in [-0.3, -0.25) is 4.79 Å². The Labute approximate surface area is 135 Å². The van der Waals surface area contributed by atoms with Gasteiger partial charge in [0.25, 0.3) is 0 Å². The normalized spacial score (nSPS) is 11.6. The lowest BCUT2D eigenvalue weighted by Crippen LogP contribution is -2.33. The lowest BCUT2D eigenvalue weighted by Gasteiger charge is -2.24. The van der Waals surface area contributed by atoms with Gasteiger partial charge in [0.1, 0.15) is 0 Å². The number of hydrogen-bond donors (Lipinski definition) is 1. The number of nitrogens with zero attached hydrogens (tertiary/aromatic N) is 1. The molecule has 0 saturated heterocycles. The van der Waals surface area contributed by atoms with Crippen LogP contribution in [0.1, 0.15) is 45.1 Å². The molecular weight excluding hydrogens is 284 g/mol. The quantitative estimate of drug-likeness (QED) is 0.757. The highest BCUT2D eigenvalue weighted by Gasteiger charge is 2.16. The lowest BCUT2D eigenvalue weighted by atomic mass is 10.0. The van der Waals surface area contributed by atoms with Crippen LogP contribution in [-0.2, 0) is 11.3 Å². The summed E-state index contributed by atoms with van der Waals surface area (Å²) in [6, 6.07) is 10.2. The average molecular weight is 313 g/mol. The minimum atomic E-state index is 0. The highest BCUT2D eigenvalue weighted by atomic mass is 35.5. The molecule has 1 aromatic rings. The highest BCUT2D eigenvalue weighted by molar-refractivity contribution is 5.85. The van der Waals surface area contributed by atoms with Crippen molar-refractivity contribution in [1.82, 2.24) is 4.90 Å². The van der Waals surface area contributed by atoms with E-state index in [1.807, 2.05) is 23.1 Å². The molecule has 0 heterocycles. The van der Waals surface area contributed by atoms with E-state index in [2.05, 4.69) is 26.0 Å². The molecule has 120 valence electrons. The van der Waals surface area contributed by atoms with Crippen molar-refractivity contribution in [2.24, 2.45) is 11.7 Å². The largest absolute Gasteiger partial charge is 0.338 e. The van der Waals surface area contributed by atoms with E-state index in [0.717, 1.165) is 25.8 Å². The molecule has 3 nitrogen and oxygen atoms in total. The minimum absolute atomic E-state index is 0. The van der Waals surface area contributed by atoms with Gasteiger partial charge in [0, 0.05) is 19.5 Å². The van der Waals surface area contributed by atoms with E-state index in [4.69, 9.17) is 5.73 Å². The third-order valence-corrected chi connectivity index (χ3v) is 3.51. The van der Waals surface area contributed by atoms with Gasteiger partial charge in [-0.25, -0.2) is 0 Å². The summed E-state index contributed by atoms with van der Waals surface area (Å²) in [5.74, 6) is 0.715. The van der Waals surface area contributed by atoms with Gasteiger partial charge in [-0.05, 0) is 24.4 Å². The molecule has 1 atom stereocenters. The van der Waals surface area contributed by atoms with Crippen molar-refractivity contribution in [3.8, 4) is 0 Å². The monoisotopic (exact) mass is 312 g/mol. The van der Waals surface area contributed by atoms with Crippen LogP contribution in [0.5, 0.6) is 0 Å². The van der Waals surface area contributed by atoms with Crippen LogP contribution in [0.3, 0.4) is 0 Å². The van der Waals surface area contributed by atoms with Gasteiger partial charge in [-0.15, -0.1) is 12.4 Å². The Balaban J connectivity index is 0.00000400. The molecule has 0 aliphatic rings. The zero-order chi connectivity index (χ0) is 14.8. The van der Waals surface area contributed by atoms with Crippen molar-refractivity contribution >= 4 is 18.3 Å². The maximum atomic E-state index is 12.4. The van der Waals surface area contributed by atoms with Crippen LogP contribution in [0, 0.1) is 5.92 Å². The van der Waals surface area contributed by atoms with Crippen LogP contribution in [-0.4, -0.2) is 23.9 Å². The van der Waals surface area contributed by atoms with Crippen LogP contribution in [0.15, 0.2) is 30.3 Å². The fourth-order valence-corrected chi connectivity index (χ4v) is 2.40. The van der Waals surface area contributed by atoms with Gasteiger partial charge >= 0.3 is 0 Å². The molecule has 0 fully saturated rings. The number of halogens is 1. The summed E-state index contributed by atoms with van der Waals surface area (Å²) in [7, 11) is 0. The van der Waals surface area contributed by atoms with E-state index < -0.39 is 0 Å². The second-order valence-electron chi connectivity index (χ2n) is 5.54. The second kappa shape index (κ2) is 11.6. The Kier molecular flexibility index (Phi) is 11.0. The fourth-order valence-electron chi connectivity index (χ4n) is 2.40. The molecular formula is C17H29ClN2O. The summed E-state index contributed by atoms with van der Waals surface area (Å²) < 4.78 is 0. The first-order valence-electron chi connectivity index (χ1n) is 7.69. The second-order valence-corrected chi connectivity index (χ2v) is 5.54. The molecule has 0 radical (unpaired) electrons. The number of amides is 1. The molecule has 0 aromatic heterocycles. The number of hydrogen-bond acceptors (Lipinski definition) is 2. The first-order valence-corrected chi connectivity index (χ1v) is 7.69. The van der Waals surface area contributed by atoms with Crippen LogP contribution in [0.25, 0.3) is 0 Å². The number of benzene rings is 1. The van der Waals surface area contributed by atoms with E-state index in [9.17, 15) is 4.79 Å². The molecule has 1 rings (SSSR count). The standard InChI is InChI=1S/C17H28N2O.ClH/c1-3-8-15(2)13-17(20)19(12-7-11-18)14-16-9-5-4-6-10-16;/h4-6,9-10,15H,3,7-8,11-14,18H2,1-2H3;1H. The third kappa shape index (κ3) is 8.08. The van der Waals surface area contributed by atoms with Gasteiger partial charge in [-0.2, -0.15) is 0 Å². The van der Waals surface area contributed by atoms with Crippen molar-refractivity contribution in [2.75, 3.05) is 13.1 Å². The van der Waals surface area contributed by atoms with E-state index in [0.29, 0.717) is 25.4 Å². The Hall–Kier alpha value is -1.06. The van der Waals surface area contributed by atoms with Gasteiger partial charge in [0.2, 0.25) is 5.91 Å². The lowest BCUT2D eigenvalue weighted by molar-refractivity contribution is -0.132. The van der Waals surface area contributed by atoms with E-state index in [1.165, 1.54) is 5.56 Å². The molecule has 21 heavy (non-hydrogen) atoms. The van der Waals surface area contributed by atoms with Crippen LogP contribution in [0.4, 0.5) is 0 Å². The molecule has 1 unspecified atom stereocenters. The third-order valence-electron chi connectivity index (χ3n) is 3.51. The molecule has 0 aliphatic carbocycles. The molecule has 4 heteroatoms. The SMILES string of the molecule is CCCC(C)CC(=O)N(CCCN)Cc1ccccc1.Cl. The fraction of sp³-hybridized carbons (Fsp3) is 0.588. The molecule has 1 amide bonds. The van der Waals surface area contributed by atoms with Crippen LogP contribution >= 0.6 is 12.4 Å². The smallest absolute Gasteiger partial charge is 0.223 e. The first kappa shape index (κ1) is 19.9. The highest BCUT2D eigenvalue weighted by Crippen LogP contribution is 2.14. The average Bonchev–Trinajstić information content (AvgIpc) is 2.44. The maximum Gasteiger partial charge on any atom is 0.223 e. The van der Waals surface area contributed by atoms with Gasteiger partial charge < -0.3 is 10.6 Å². The first-order chi connectivity index (χ1) is 9.67. The number of carbonyl (C=O) groups excluding carboxylic acids is 1. The van der Waals surface area contributed by atoms with Crippen molar-refractivity contribution in [3.05, 3.63) is 35.9 Å². The van der Waals surface area contributed by atoms with Crippen LogP contribution < -0.4 is 5.73 Å². The molecule has 0 spiro atoms. The summed E-state index contributed by atoms with van der Waals surface area (Å²) in [5.41, 5.74) is 6.76. The van der Waals surface area contributed by atoms with E-state index in [1.54, 1.807) is 0 Å². The Bertz CT molecular complexity index is 384. The van der Waals surface area contributed by atoms with Crippen LogP contribution in [0.2, 0.25) is 0 Å².